The van der Waals surface area contributed by atoms with E-state index in [9.17, 15) is 4.79 Å². The van der Waals surface area contributed by atoms with Crippen LogP contribution in [0.1, 0.15) is 38.5 Å². The Morgan fingerprint density at radius 2 is 1.80 bits per heavy atom. The van der Waals surface area contributed by atoms with Crippen LogP contribution in [0.4, 0.5) is 10.6 Å². The predicted molar refractivity (Wildman–Crippen MR) is 114 cm³/mol. The second-order valence-corrected chi connectivity index (χ2v) is 9.10. The third kappa shape index (κ3) is 3.78. The van der Waals surface area contributed by atoms with Gasteiger partial charge in [-0.2, -0.15) is 5.10 Å². The average molecular weight is 411 g/mol. The number of rotatable bonds is 7. The summed E-state index contributed by atoms with van der Waals surface area (Å²) in [4.78, 5) is 12.8. The third-order valence-corrected chi connectivity index (χ3v) is 7.08. The molecule has 0 atom stereocenters. The summed E-state index contributed by atoms with van der Waals surface area (Å²) in [6.45, 7) is 0.651. The van der Waals surface area contributed by atoms with E-state index < -0.39 is 6.09 Å². The van der Waals surface area contributed by atoms with Crippen LogP contribution in [-0.4, -0.2) is 40.2 Å². The normalized spacial score (nSPS) is 29.0. The first-order valence-electron chi connectivity index (χ1n) is 11.2. The number of carbonyl (C=O) groups is 1. The summed E-state index contributed by atoms with van der Waals surface area (Å²) in [6.07, 6.45) is 8.16. The van der Waals surface area contributed by atoms with Crippen molar-refractivity contribution in [3.05, 3.63) is 36.5 Å². The fourth-order valence-electron chi connectivity index (χ4n) is 6.05. The molecule has 1 heterocycles. The van der Waals surface area contributed by atoms with Gasteiger partial charge in [0.05, 0.1) is 11.9 Å². The summed E-state index contributed by atoms with van der Waals surface area (Å²) in [5.41, 5.74) is 0.875. The molecule has 1 amide bonds. The van der Waals surface area contributed by atoms with Gasteiger partial charge in [-0.15, -0.1) is 0 Å². The monoisotopic (exact) mass is 410 g/mol. The number of aromatic nitrogens is 2. The van der Waals surface area contributed by atoms with Crippen molar-refractivity contribution in [2.45, 2.75) is 44.6 Å². The lowest BCUT2D eigenvalue weighted by Gasteiger charge is -2.54. The number of hydrogen-bond acceptors (Lipinski definition) is 5. The van der Waals surface area contributed by atoms with Crippen molar-refractivity contribution in [2.75, 3.05) is 18.5 Å². The maximum Gasteiger partial charge on any atom is 0.413 e. The van der Waals surface area contributed by atoms with Gasteiger partial charge in [0.1, 0.15) is 0 Å². The van der Waals surface area contributed by atoms with Gasteiger partial charge in [-0.1, -0.05) is 18.2 Å². The van der Waals surface area contributed by atoms with E-state index in [1.807, 2.05) is 30.3 Å². The lowest BCUT2D eigenvalue weighted by atomic mass is 9.54. The van der Waals surface area contributed by atoms with Crippen molar-refractivity contribution >= 4 is 11.9 Å². The molecule has 0 saturated heterocycles. The number of ether oxygens (including phenoxy) is 1. The second kappa shape index (κ2) is 8.30. The number of para-hydroxylation sites is 1. The highest BCUT2D eigenvalue weighted by molar-refractivity contribution is 5.73. The van der Waals surface area contributed by atoms with Gasteiger partial charge in [-0.25, -0.2) is 9.48 Å². The Balaban J connectivity index is 1.30. The van der Waals surface area contributed by atoms with Gasteiger partial charge in [0, 0.05) is 19.2 Å². The average Bonchev–Trinajstić information content (AvgIpc) is 3.13. The molecule has 7 heteroatoms. The number of nitrogens with zero attached hydrogens (tertiary/aromatic N) is 2. The van der Waals surface area contributed by atoms with E-state index in [4.69, 9.17) is 9.84 Å². The topological polar surface area (TPSA) is 88.4 Å². The largest absolute Gasteiger partial charge is 0.413 e. The van der Waals surface area contributed by atoms with Crippen LogP contribution in [0.25, 0.3) is 5.69 Å². The molecule has 160 valence electrons. The van der Waals surface area contributed by atoms with E-state index in [1.54, 1.807) is 10.9 Å². The summed E-state index contributed by atoms with van der Waals surface area (Å²) in [5, 5.41) is 20.0. The van der Waals surface area contributed by atoms with Crippen LogP contribution in [0.3, 0.4) is 0 Å². The molecule has 2 aromatic rings. The van der Waals surface area contributed by atoms with E-state index in [0.717, 1.165) is 17.5 Å². The molecule has 4 aliphatic rings. The minimum atomic E-state index is -0.398. The zero-order valence-corrected chi connectivity index (χ0v) is 17.2. The summed E-state index contributed by atoms with van der Waals surface area (Å²) in [5.74, 6) is 3.96. The highest BCUT2D eigenvalue weighted by atomic mass is 16.6. The second-order valence-electron chi connectivity index (χ2n) is 9.10. The number of carbonyl (C=O) groups excluding carboxylic acids is 1. The smallest absolute Gasteiger partial charge is 0.405 e. The minimum Gasteiger partial charge on any atom is -0.405 e. The Hall–Kier alpha value is -2.54. The maximum absolute atomic E-state index is 12.8. The molecule has 0 radical (unpaired) electrons. The number of amides is 1. The van der Waals surface area contributed by atoms with E-state index in [2.05, 4.69) is 15.7 Å². The molecule has 4 aliphatic carbocycles. The van der Waals surface area contributed by atoms with Crippen LogP contribution in [0.2, 0.25) is 0 Å². The highest BCUT2D eigenvalue weighted by Crippen LogP contribution is 2.53. The lowest BCUT2D eigenvalue weighted by molar-refractivity contribution is -0.0114. The number of anilines is 1. The van der Waals surface area contributed by atoms with Crippen LogP contribution in [-0.2, 0) is 0 Å². The number of benzene rings is 1. The molecule has 0 aliphatic heterocycles. The summed E-state index contributed by atoms with van der Waals surface area (Å²) >= 11 is 0. The van der Waals surface area contributed by atoms with Crippen molar-refractivity contribution in [1.29, 1.82) is 0 Å². The van der Waals surface area contributed by atoms with Gasteiger partial charge >= 0.3 is 6.09 Å². The van der Waals surface area contributed by atoms with Crippen LogP contribution in [0.15, 0.2) is 36.5 Å². The highest BCUT2D eigenvalue weighted by Gasteiger charge is 2.48. The van der Waals surface area contributed by atoms with Crippen molar-refractivity contribution < 1.29 is 14.6 Å². The summed E-state index contributed by atoms with van der Waals surface area (Å²) in [6, 6.07) is 9.95. The van der Waals surface area contributed by atoms with E-state index >= 15 is 0 Å². The Morgan fingerprint density at radius 1 is 1.10 bits per heavy atom. The number of aliphatic hydroxyl groups is 1. The quantitative estimate of drug-likeness (QED) is 0.607. The SMILES string of the molecule is O=C(NC1C2CC3CC(C2)CC1C3)Oc1cnn(-c2ccccc2)c1NCCCO. The van der Waals surface area contributed by atoms with Crippen molar-refractivity contribution in [3.63, 3.8) is 0 Å². The zero-order valence-electron chi connectivity index (χ0n) is 17.2. The zero-order chi connectivity index (χ0) is 20.5. The van der Waals surface area contributed by atoms with Gasteiger partial charge in [0.15, 0.2) is 11.6 Å². The molecule has 30 heavy (non-hydrogen) atoms. The molecule has 0 unspecified atom stereocenters. The summed E-state index contributed by atoms with van der Waals surface area (Å²) in [7, 11) is 0. The van der Waals surface area contributed by atoms with Gasteiger partial charge < -0.3 is 20.5 Å². The molecule has 0 spiro atoms. The molecule has 4 saturated carbocycles. The first kappa shape index (κ1) is 19.4. The molecular weight excluding hydrogens is 380 g/mol. The van der Waals surface area contributed by atoms with E-state index in [0.29, 0.717) is 36.4 Å². The minimum absolute atomic E-state index is 0.0929. The van der Waals surface area contributed by atoms with Gasteiger partial charge in [0.25, 0.3) is 0 Å². The molecule has 4 bridgehead atoms. The molecule has 7 nitrogen and oxygen atoms in total. The van der Waals surface area contributed by atoms with E-state index in [1.165, 1.54) is 32.1 Å². The number of nitrogens with one attached hydrogen (secondary N) is 2. The van der Waals surface area contributed by atoms with Crippen molar-refractivity contribution in [1.82, 2.24) is 15.1 Å². The van der Waals surface area contributed by atoms with Crippen molar-refractivity contribution in [2.24, 2.45) is 23.7 Å². The molecule has 4 fully saturated rings. The third-order valence-electron chi connectivity index (χ3n) is 7.08. The fourth-order valence-corrected chi connectivity index (χ4v) is 6.05. The lowest BCUT2D eigenvalue weighted by Crippen LogP contribution is -2.56. The van der Waals surface area contributed by atoms with Crippen LogP contribution >= 0.6 is 0 Å². The first-order valence-corrected chi connectivity index (χ1v) is 11.2. The number of aliphatic hydroxyl groups excluding tert-OH is 1. The van der Waals surface area contributed by atoms with Gasteiger partial charge in [-0.05, 0) is 74.3 Å². The van der Waals surface area contributed by atoms with Crippen LogP contribution in [0.5, 0.6) is 5.75 Å². The summed E-state index contributed by atoms with van der Waals surface area (Å²) < 4.78 is 7.45. The van der Waals surface area contributed by atoms with E-state index in [-0.39, 0.29) is 12.6 Å². The van der Waals surface area contributed by atoms with Crippen LogP contribution < -0.4 is 15.4 Å². The fraction of sp³-hybridized carbons (Fsp3) is 0.565. The Labute approximate surface area is 176 Å². The number of hydrogen-bond donors (Lipinski definition) is 3. The first-order chi connectivity index (χ1) is 14.7. The van der Waals surface area contributed by atoms with Gasteiger partial charge in [-0.3, -0.25) is 0 Å². The molecule has 1 aromatic carbocycles. The predicted octanol–water partition coefficient (Wildman–Crippen LogP) is 3.58. The molecule has 1 aromatic heterocycles. The Bertz CT molecular complexity index is 854. The van der Waals surface area contributed by atoms with Gasteiger partial charge in [0.2, 0.25) is 0 Å². The molecule has 6 rings (SSSR count). The molecular formula is C23H30N4O3. The Morgan fingerprint density at radius 3 is 2.47 bits per heavy atom. The Kier molecular flexibility index (Phi) is 5.37. The van der Waals surface area contributed by atoms with Crippen LogP contribution in [0, 0.1) is 23.7 Å². The maximum atomic E-state index is 12.8. The standard InChI is InChI=1S/C23H30N4O3/c28-8-4-7-24-22-20(14-25-27(22)19-5-2-1-3-6-19)30-23(29)26-21-17-10-15-9-16(12-17)13-18(21)11-15/h1-3,5-6,14-18,21,24,28H,4,7-13H2,(H,26,29). The van der Waals surface area contributed by atoms with Crippen molar-refractivity contribution in [3.8, 4) is 11.4 Å². The molecule has 3 N–H and O–H groups in total.